The number of hydrogen-bond donors (Lipinski definition) is 3. The lowest BCUT2D eigenvalue weighted by molar-refractivity contribution is -0.124. The fourth-order valence-electron chi connectivity index (χ4n) is 2.07. The summed E-state index contributed by atoms with van der Waals surface area (Å²) in [7, 11) is 0. The fraction of sp³-hybridized carbons (Fsp3) is 0.429. The second kappa shape index (κ2) is 6.89. The van der Waals surface area contributed by atoms with E-state index in [4.69, 9.17) is 0 Å². The van der Waals surface area contributed by atoms with Gasteiger partial charge in [0, 0.05) is 25.2 Å². The zero-order chi connectivity index (χ0) is 13.5. The van der Waals surface area contributed by atoms with Crippen LogP contribution >= 0.6 is 0 Å². The van der Waals surface area contributed by atoms with E-state index in [0.717, 1.165) is 25.2 Å². The van der Waals surface area contributed by atoms with Gasteiger partial charge in [-0.25, -0.2) is 0 Å². The molecular formula is C14H19N3O2. The Bertz CT molecular complexity index is 428. The molecule has 0 bridgehead atoms. The highest BCUT2D eigenvalue weighted by Crippen LogP contribution is 2.07. The fourth-order valence-corrected chi connectivity index (χ4v) is 2.07. The Morgan fingerprint density at radius 3 is 2.74 bits per heavy atom. The van der Waals surface area contributed by atoms with E-state index in [0.29, 0.717) is 13.0 Å². The molecular weight excluding hydrogens is 242 g/mol. The van der Waals surface area contributed by atoms with Crippen LogP contribution in [0.5, 0.6) is 0 Å². The van der Waals surface area contributed by atoms with Crippen LogP contribution < -0.4 is 16.0 Å². The Morgan fingerprint density at radius 1 is 1.26 bits per heavy atom. The normalized spacial score (nSPS) is 18.0. The number of carbonyl (C=O) groups excluding carboxylic acids is 2. The van der Waals surface area contributed by atoms with E-state index in [9.17, 15) is 9.59 Å². The summed E-state index contributed by atoms with van der Waals surface area (Å²) in [6.07, 6.45) is 1.17. The molecule has 2 amide bonds. The topological polar surface area (TPSA) is 70.2 Å². The summed E-state index contributed by atoms with van der Waals surface area (Å²) in [6, 6.07) is 9.29. The Balaban J connectivity index is 1.65. The van der Waals surface area contributed by atoms with E-state index < -0.39 is 0 Å². The standard InChI is InChI=1S/C14H19N3O2/c18-13(17-12-4-2-1-3-5-12)7-9-16-14(19)11-6-8-15-10-11/h1-5,11,15H,6-10H2,(H,16,19)(H,17,18). The molecule has 102 valence electrons. The molecule has 0 aliphatic carbocycles. The highest BCUT2D eigenvalue weighted by Gasteiger charge is 2.21. The van der Waals surface area contributed by atoms with Crippen molar-refractivity contribution in [3.63, 3.8) is 0 Å². The highest BCUT2D eigenvalue weighted by molar-refractivity contribution is 5.91. The molecule has 3 N–H and O–H groups in total. The first-order valence-corrected chi connectivity index (χ1v) is 6.59. The molecule has 1 fully saturated rings. The van der Waals surface area contributed by atoms with Gasteiger partial charge in [-0.2, -0.15) is 0 Å². The maximum absolute atomic E-state index is 11.7. The van der Waals surface area contributed by atoms with Crippen LogP contribution in [0.25, 0.3) is 0 Å². The van der Waals surface area contributed by atoms with E-state index >= 15 is 0 Å². The molecule has 1 atom stereocenters. The number of benzene rings is 1. The number of rotatable bonds is 5. The van der Waals surface area contributed by atoms with Gasteiger partial charge in [-0.1, -0.05) is 18.2 Å². The van der Waals surface area contributed by atoms with Gasteiger partial charge in [-0.15, -0.1) is 0 Å². The van der Waals surface area contributed by atoms with Gasteiger partial charge in [-0.3, -0.25) is 9.59 Å². The summed E-state index contributed by atoms with van der Waals surface area (Å²) < 4.78 is 0. The van der Waals surface area contributed by atoms with Crippen LogP contribution in [0.1, 0.15) is 12.8 Å². The maximum atomic E-state index is 11.7. The van der Waals surface area contributed by atoms with Crippen molar-refractivity contribution in [3.8, 4) is 0 Å². The molecule has 5 heteroatoms. The van der Waals surface area contributed by atoms with Crippen molar-refractivity contribution in [1.29, 1.82) is 0 Å². The van der Waals surface area contributed by atoms with Gasteiger partial charge >= 0.3 is 0 Å². The van der Waals surface area contributed by atoms with Gasteiger partial charge in [0.05, 0.1) is 5.92 Å². The number of para-hydroxylation sites is 1. The monoisotopic (exact) mass is 261 g/mol. The van der Waals surface area contributed by atoms with Crippen LogP contribution in [-0.4, -0.2) is 31.4 Å². The third kappa shape index (κ3) is 4.37. The smallest absolute Gasteiger partial charge is 0.226 e. The molecule has 0 radical (unpaired) electrons. The first-order chi connectivity index (χ1) is 9.25. The Morgan fingerprint density at radius 2 is 2.05 bits per heavy atom. The number of amides is 2. The van der Waals surface area contributed by atoms with Crippen molar-refractivity contribution in [2.75, 3.05) is 25.0 Å². The predicted octanol–water partition coefficient (Wildman–Crippen LogP) is 0.741. The van der Waals surface area contributed by atoms with Crippen LogP contribution in [0.15, 0.2) is 30.3 Å². The lowest BCUT2D eigenvalue weighted by Crippen LogP contribution is -2.34. The molecule has 19 heavy (non-hydrogen) atoms. The molecule has 0 aromatic heterocycles. The van der Waals surface area contributed by atoms with Gasteiger partial charge in [0.1, 0.15) is 0 Å². The molecule has 1 aliphatic heterocycles. The summed E-state index contributed by atoms with van der Waals surface area (Å²) in [5.74, 6) is 0.00532. The second-order valence-corrected chi connectivity index (χ2v) is 4.64. The third-order valence-electron chi connectivity index (χ3n) is 3.14. The lowest BCUT2D eigenvalue weighted by atomic mass is 10.1. The van der Waals surface area contributed by atoms with Gasteiger partial charge in [0.15, 0.2) is 0 Å². The van der Waals surface area contributed by atoms with Crippen LogP contribution in [0.3, 0.4) is 0 Å². The van der Waals surface area contributed by atoms with E-state index in [2.05, 4.69) is 16.0 Å². The number of nitrogens with one attached hydrogen (secondary N) is 3. The number of carbonyl (C=O) groups is 2. The first-order valence-electron chi connectivity index (χ1n) is 6.59. The predicted molar refractivity (Wildman–Crippen MR) is 73.7 cm³/mol. The molecule has 1 heterocycles. The van der Waals surface area contributed by atoms with Gasteiger partial charge in [0.25, 0.3) is 0 Å². The first kappa shape index (κ1) is 13.5. The van der Waals surface area contributed by atoms with Gasteiger partial charge in [0.2, 0.25) is 11.8 Å². The van der Waals surface area contributed by atoms with Crippen LogP contribution in [0.4, 0.5) is 5.69 Å². The minimum Gasteiger partial charge on any atom is -0.355 e. The van der Waals surface area contributed by atoms with Gasteiger partial charge < -0.3 is 16.0 Å². The van der Waals surface area contributed by atoms with E-state index in [-0.39, 0.29) is 17.7 Å². The van der Waals surface area contributed by atoms with Crippen LogP contribution in [0, 0.1) is 5.92 Å². The molecule has 1 saturated heterocycles. The molecule has 1 aliphatic rings. The second-order valence-electron chi connectivity index (χ2n) is 4.64. The molecule has 0 spiro atoms. The zero-order valence-corrected chi connectivity index (χ0v) is 10.8. The van der Waals surface area contributed by atoms with E-state index in [1.165, 1.54) is 0 Å². The van der Waals surface area contributed by atoms with Gasteiger partial charge in [-0.05, 0) is 25.1 Å². The van der Waals surface area contributed by atoms with Crippen molar-refractivity contribution in [1.82, 2.24) is 10.6 Å². The molecule has 1 aromatic rings. The highest BCUT2D eigenvalue weighted by atomic mass is 16.2. The summed E-state index contributed by atoms with van der Waals surface area (Å²) in [5.41, 5.74) is 0.777. The number of hydrogen-bond acceptors (Lipinski definition) is 3. The SMILES string of the molecule is O=C(CCNC(=O)C1CCNC1)Nc1ccccc1. The van der Waals surface area contributed by atoms with Crippen molar-refractivity contribution in [3.05, 3.63) is 30.3 Å². The Kier molecular flexibility index (Phi) is 4.92. The van der Waals surface area contributed by atoms with Crippen molar-refractivity contribution < 1.29 is 9.59 Å². The largest absolute Gasteiger partial charge is 0.355 e. The van der Waals surface area contributed by atoms with E-state index in [1.54, 1.807) is 0 Å². The van der Waals surface area contributed by atoms with Crippen molar-refractivity contribution in [2.45, 2.75) is 12.8 Å². The molecule has 2 rings (SSSR count). The van der Waals surface area contributed by atoms with Crippen molar-refractivity contribution >= 4 is 17.5 Å². The molecule has 0 saturated carbocycles. The summed E-state index contributed by atoms with van der Waals surface area (Å²) >= 11 is 0. The average molecular weight is 261 g/mol. The summed E-state index contributed by atoms with van der Waals surface area (Å²) in [6.45, 7) is 2.02. The minimum absolute atomic E-state index is 0.0394. The summed E-state index contributed by atoms with van der Waals surface area (Å²) in [5, 5.41) is 8.73. The summed E-state index contributed by atoms with van der Waals surface area (Å²) in [4.78, 5) is 23.3. The average Bonchev–Trinajstić information content (AvgIpc) is 2.93. The Labute approximate surface area is 112 Å². The number of anilines is 1. The van der Waals surface area contributed by atoms with Crippen LogP contribution in [-0.2, 0) is 9.59 Å². The zero-order valence-electron chi connectivity index (χ0n) is 10.8. The van der Waals surface area contributed by atoms with E-state index in [1.807, 2.05) is 30.3 Å². The van der Waals surface area contributed by atoms with Crippen molar-refractivity contribution in [2.24, 2.45) is 5.92 Å². The molecule has 5 nitrogen and oxygen atoms in total. The minimum atomic E-state index is -0.0870. The quantitative estimate of drug-likeness (QED) is 0.732. The molecule has 1 unspecified atom stereocenters. The Hall–Kier alpha value is -1.88. The third-order valence-corrected chi connectivity index (χ3v) is 3.14. The maximum Gasteiger partial charge on any atom is 0.226 e. The van der Waals surface area contributed by atoms with Crippen LogP contribution in [0.2, 0.25) is 0 Å². The lowest BCUT2D eigenvalue weighted by Gasteiger charge is -2.10. The molecule has 1 aromatic carbocycles.